The molecule has 0 aromatic heterocycles. The SMILES string of the molecule is CN(C1CCSC1)C(CN)CC1CCCCC1. The van der Waals surface area contributed by atoms with Crippen molar-refractivity contribution in [2.75, 3.05) is 25.1 Å². The highest BCUT2D eigenvalue weighted by molar-refractivity contribution is 7.99. The van der Waals surface area contributed by atoms with Crippen LogP contribution in [0.25, 0.3) is 0 Å². The van der Waals surface area contributed by atoms with E-state index in [4.69, 9.17) is 5.73 Å². The molecule has 0 radical (unpaired) electrons. The van der Waals surface area contributed by atoms with Gasteiger partial charge in [-0.15, -0.1) is 0 Å². The molecule has 2 fully saturated rings. The molecular formula is C14H28N2S. The molecular weight excluding hydrogens is 228 g/mol. The number of thioether (sulfide) groups is 1. The van der Waals surface area contributed by atoms with Crippen LogP contribution >= 0.6 is 11.8 Å². The number of hydrogen-bond donors (Lipinski definition) is 1. The molecule has 0 aromatic rings. The number of nitrogens with two attached hydrogens (primary N) is 1. The van der Waals surface area contributed by atoms with E-state index in [0.717, 1.165) is 18.5 Å². The van der Waals surface area contributed by atoms with Crippen LogP contribution in [0.4, 0.5) is 0 Å². The third-order valence-corrected chi connectivity index (χ3v) is 5.80. The molecule has 2 atom stereocenters. The minimum Gasteiger partial charge on any atom is -0.329 e. The standard InChI is InChI=1S/C14H28N2S/c1-16(13-7-8-17-11-13)14(10-15)9-12-5-3-2-4-6-12/h12-14H,2-11,15H2,1H3. The molecule has 2 rings (SSSR count). The molecule has 3 heteroatoms. The van der Waals surface area contributed by atoms with Crippen molar-refractivity contribution < 1.29 is 0 Å². The van der Waals surface area contributed by atoms with Crippen LogP contribution in [0.15, 0.2) is 0 Å². The molecule has 100 valence electrons. The predicted octanol–water partition coefficient (Wildman–Crippen LogP) is 2.72. The molecule has 1 aliphatic heterocycles. The van der Waals surface area contributed by atoms with Crippen molar-refractivity contribution in [3.05, 3.63) is 0 Å². The van der Waals surface area contributed by atoms with Crippen LogP contribution in [0.1, 0.15) is 44.9 Å². The minimum absolute atomic E-state index is 0.627. The van der Waals surface area contributed by atoms with E-state index in [-0.39, 0.29) is 0 Å². The smallest absolute Gasteiger partial charge is 0.0221 e. The fraction of sp³-hybridized carbons (Fsp3) is 1.00. The molecule has 0 amide bonds. The van der Waals surface area contributed by atoms with Crippen molar-refractivity contribution in [1.82, 2.24) is 4.90 Å². The summed E-state index contributed by atoms with van der Waals surface area (Å²) in [6, 6.07) is 1.42. The van der Waals surface area contributed by atoms with E-state index in [9.17, 15) is 0 Å². The molecule has 1 aliphatic carbocycles. The van der Waals surface area contributed by atoms with E-state index in [1.54, 1.807) is 0 Å². The van der Waals surface area contributed by atoms with Crippen LogP contribution in [0.3, 0.4) is 0 Å². The molecule has 0 spiro atoms. The summed E-state index contributed by atoms with van der Waals surface area (Å²) in [5.74, 6) is 3.61. The van der Waals surface area contributed by atoms with Crippen molar-refractivity contribution in [3.63, 3.8) is 0 Å². The topological polar surface area (TPSA) is 29.3 Å². The van der Waals surface area contributed by atoms with Gasteiger partial charge in [0, 0.05) is 24.4 Å². The molecule has 1 saturated heterocycles. The van der Waals surface area contributed by atoms with Gasteiger partial charge in [0.2, 0.25) is 0 Å². The van der Waals surface area contributed by atoms with Gasteiger partial charge >= 0.3 is 0 Å². The summed E-state index contributed by atoms with van der Waals surface area (Å²) in [7, 11) is 2.30. The first kappa shape index (κ1) is 13.7. The Morgan fingerprint density at radius 2 is 2.00 bits per heavy atom. The summed E-state index contributed by atoms with van der Waals surface area (Å²) in [6.07, 6.45) is 9.96. The highest BCUT2D eigenvalue weighted by Gasteiger charge is 2.27. The maximum absolute atomic E-state index is 6.01. The Morgan fingerprint density at radius 1 is 1.24 bits per heavy atom. The maximum atomic E-state index is 6.01. The van der Waals surface area contributed by atoms with Crippen LogP contribution in [0.2, 0.25) is 0 Å². The van der Waals surface area contributed by atoms with Gasteiger partial charge in [0.25, 0.3) is 0 Å². The van der Waals surface area contributed by atoms with Crippen LogP contribution in [-0.4, -0.2) is 42.1 Å². The van der Waals surface area contributed by atoms with E-state index >= 15 is 0 Å². The fourth-order valence-corrected chi connectivity index (χ4v) is 4.66. The second-order valence-corrected chi connectivity index (χ2v) is 6.96. The first-order chi connectivity index (χ1) is 8.31. The zero-order chi connectivity index (χ0) is 12.1. The van der Waals surface area contributed by atoms with Crippen molar-refractivity contribution in [2.45, 2.75) is 57.0 Å². The highest BCUT2D eigenvalue weighted by Crippen LogP contribution is 2.30. The second-order valence-electron chi connectivity index (χ2n) is 5.81. The van der Waals surface area contributed by atoms with Crippen LogP contribution in [0.5, 0.6) is 0 Å². The van der Waals surface area contributed by atoms with E-state index in [0.29, 0.717) is 6.04 Å². The van der Waals surface area contributed by atoms with Crippen LogP contribution in [0, 0.1) is 5.92 Å². The Bertz CT molecular complexity index is 210. The Labute approximate surface area is 111 Å². The summed E-state index contributed by atoms with van der Waals surface area (Å²) < 4.78 is 0. The van der Waals surface area contributed by atoms with Gasteiger partial charge in [-0.1, -0.05) is 32.1 Å². The lowest BCUT2D eigenvalue weighted by atomic mass is 9.84. The van der Waals surface area contributed by atoms with Gasteiger partial charge in [-0.2, -0.15) is 11.8 Å². The van der Waals surface area contributed by atoms with Gasteiger partial charge < -0.3 is 5.73 Å². The Morgan fingerprint density at radius 3 is 2.59 bits per heavy atom. The minimum atomic E-state index is 0.627. The molecule has 2 N–H and O–H groups in total. The first-order valence-corrected chi connectivity index (χ1v) is 8.46. The quantitative estimate of drug-likeness (QED) is 0.820. The van der Waals surface area contributed by atoms with E-state index in [1.165, 1.54) is 56.5 Å². The van der Waals surface area contributed by atoms with E-state index in [1.807, 2.05) is 0 Å². The number of rotatable bonds is 5. The predicted molar refractivity (Wildman–Crippen MR) is 77.5 cm³/mol. The maximum Gasteiger partial charge on any atom is 0.0221 e. The van der Waals surface area contributed by atoms with Crippen molar-refractivity contribution >= 4 is 11.8 Å². The summed E-state index contributed by atoms with van der Waals surface area (Å²) in [6.45, 7) is 0.841. The number of nitrogens with zero attached hydrogens (tertiary/aromatic N) is 1. The summed E-state index contributed by atoms with van der Waals surface area (Å²) in [5.41, 5.74) is 6.01. The summed E-state index contributed by atoms with van der Waals surface area (Å²) >= 11 is 2.10. The third-order valence-electron chi connectivity index (χ3n) is 4.66. The van der Waals surface area contributed by atoms with Gasteiger partial charge in [0.05, 0.1) is 0 Å². The lowest BCUT2D eigenvalue weighted by Crippen LogP contribution is -2.45. The third kappa shape index (κ3) is 3.87. The molecule has 0 aromatic carbocycles. The Kier molecular flexibility index (Phi) is 5.64. The highest BCUT2D eigenvalue weighted by atomic mass is 32.2. The average Bonchev–Trinajstić information content (AvgIpc) is 2.90. The molecule has 1 heterocycles. The van der Waals surface area contributed by atoms with Gasteiger partial charge in [-0.05, 0) is 31.6 Å². The molecule has 0 bridgehead atoms. The van der Waals surface area contributed by atoms with Crippen molar-refractivity contribution in [3.8, 4) is 0 Å². The van der Waals surface area contributed by atoms with Crippen molar-refractivity contribution in [1.29, 1.82) is 0 Å². The first-order valence-electron chi connectivity index (χ1n) is 7.31. The average molecular weight is 256 g/mol. The molecule has 2 unspecified atom stereocenters. The monoisotopic (exact) mass is 256 g/mol. The summed E-state index contributed by atoms with van der Waals surface area (Å²) in [4.78, 5) is 2.59. The summed E-state index contributed by atoms with van der Waals surface area (Å²) in [5, 5.41) is 0. The molecule has 2 aliphatic rings. The Hall–Kier alpha value is 0.270. The Balaban J connectivity index is 1.81. The van der Waals surface area contributed by atoms with Crippen LogP contribution < -0.4 is 5.73 Å². The lowest BCUT2D eigenvalue weighted by molar-refractivity contribution is 0.153. The second kappa shape index (κ2) is 7.01. The van der Waals surface area contributed by atoms with Gasteiger partial charge in [-0.25, -0.2) is 0 Å². The van der Waals surface area contributed by atoms with E-state index < -0.39 is 0 Å². The zero-order valence-corrected chi connectivity index (χ0v) is 12.1. The molecule has 1 saturated carbocycles. The van der Waals surface area contributed by atoms with Crippen molar-refractivity contribution in [2.24, 2.45) is 11.7 Å². The molecule has 2 nitrogen and oxygen atoms in total. The van der Waals surface area contributed by atoms with Crippen LogP contribution in [-0.2, 0) is 0 Å². The van der Waals surface area contributed by atoms with Gasteiger partial charge in [0.15, 0.2) is 0 Å². The zero-order valence-electron chi connectivity index (χ0n) is 11.2. The molecule has 17 heavy (non-hydrogen) atoms. The number of hydrogen-bond acceptors (Lipinski definition) is 3. The van der Waals surface area contributed by atoms with Gasteiger partial charge in [0.1, 0.15) is 0 Å². The fourth-order valence-electron chi connectivity index (χ4n) is 3.38. The largest absolute Gasteiger partial charge is 0.329 e. The number of likely N-dealkylation sites (N-methyl/N-ethyl adjacent to an activating group) is 1. The normalized spacial score (nSPS) is 28.8. The van der Waals surface area contributed by atoms with Gasteiger partial charge in [-0.3, -0.25) is 4.90 Å². The van der Waals surface area contributed by atoms with E-state index in [2.05, 4.69) is 23.7 Å². The lowest BCUT2D eigenvalue weighted by Gasteiger charge is -2.35.